The summed E-state index contributed by atoms with van der Waals surface area (Å²) in [5.41, 5.74) is 9.05. The second kappa shape index (κ2) is 7.81. The molecule has 1 saturated heterocycles. The number of aromatic nitrogens is 3. The number of nitrogen functional groups attached to an aromatic ring is 1. The Morgan fingerprint density at radius 2 is 1.93 bits per heavy atom. The van der Waals surface area contributed by atoms with E-state index in [1.54, 1.807) is 0 Å². The molecule has 0 aliphatic carbocycles. The van der Waals surface area contributed by atoms with E-state index in [9.17, 15) is 4.79 Å². The Bertz CT molecular complexity index is 1260. The molecular weight excluding hydrogens is 382 g/mol. The smallest absolute Gasteiger partial charge is 0.261 e. The first-order valence-electron chi connectivity index (χ1n) is 10.0. The molecule has 5 rings (SSSR count). The second-order valence-electron chi connectivity index (χ2n) is 7.36. The van der Waals surface area contributed by atoms with Crippen LogP contribution in [0.1, 0.15) is 0 Å². The van der Waals surface area contributed by atoms with Gasteiger partial charge in [0.15, 0.2) is 0 Å². The fourth-order valence-electron chi connectivity index (χ4n) is 3.82. The lowest BCUT2D eigenvalue weighted by molar-refractivity contribution is 0.0322. The Morgan fingerprint density at radius 3 is 2.80 bits per heavy atom. The molecule has 2 aromatic carbocycles. The average molecular weight is 405 g/mol. The van der Waals surface area contributed by atoms with Crippen LogP contribution in [0.15, 0.2) is 47.3 Å². The van der Waals surface area contributed by atoms with Crippen LogP contribution in [-0.4, -0.2) is 59.3 Å². The van der Waals surface area contributed by atoms with Crippen molar-refractivity contribution < 1.29 is 9.47 Å². The van der Waals surface area contributed by atoms with Crippen molar-refractivity contribution in [2.45, 2.75) is 0 Å². The van der Waals surface area contributed by atoms with Crippen LogP contribution >= 0.6 is 0 Å². The fraction of sp³-hybridized carbons (Fsp3) is 0.273. The number of ether oxygens (including phenoxy) is 2. The molecule has 1 aliphatic heterocycles. The van der Waals surface area contributed by atoms with Crippen molar-refractivity contribution in [2.24, 2.45) is 0 Å². The number of nitrogens with zero attached hydrogens (tertiary/aromatic N) is 2. The van der Waals surface area contributed by atoms with E-state index < -0.39 is 0 Å². The second-order valence-corrected chi connectivity index (χ2v) is 7.36. The minimum Gasteiger partial charge on any atom is -0.492 e. The van der Waals surface area contributed by atoms with Gasteiger partial charge in [-0.1, -0.05) is 18.2 Å². The van der Waals surface area contributed by atoms with Gasteiger partial charge in [-0.25, -0.2) is 4.98 Å². The van der Waals surface area contributed by atoms with Crippen LogP contribution in [0.5, 0.6) is 5.75 Å². The first kappa shape index (κ1) is 18.7. The summed E-state index contributed by atoms with van der Waals surface area (Å²) < 4.78 is 11.3. The predicted octanol–water partition coefficient (Wildman–Crippen LogP) is 2.36. The molecule has 3 heterocycles. The summed E-state index contributed by atoms with van der Waals surface area (Å²) in [6.45, 7) is 4.89. The summed E-state index contributed by atoms with van der Waals surface area (Å²) in [5, 5.41) is 0.791. The Morgan fingerprint density at radius 1 is 1.10 bits per heavy atom. The van der Waals surface area contributed by atoms with Crippen molar-refractivity contribution in [3.63, 3.8) is 0 Å². The summed E-state index contributed by atoms with van der Waals surface area (Å²) in [7, 11) is 0. The molecule has 8 heteroatoms. The summed E-state index contributed by atoms with van der Waals surface area (Å²) in [6, 6.07) is 13.1. The zero-order chi connectivity index (χ0) is 20.5. The minimum absolute atomic E-state index is 0.271. The minimum atomic E-state index is -0.271. The zero-order valence-electron chi connectivity index (χ0n) is 16.5. The van der Waals surface area contributed by atoms with E-state index in [2.05, 4.69) is 19.9 Å². The number of hydrogen-bond acceptors (Lipinski definition) is 6. The number of hydrogen-bond donors (Lipinski definition) is 3. The highest BCUT2D eigenvalue weighted by atomic mass is 16.5. The summed E-state index contributed by atoms with van der Waals surface area (Å²) in [5.74, 6) is 1.20. The monoisotopic (exact) mass is 405 g/mol. The average Bonchev–Trinajstić information content (AvgIpc) is 3.17. The maximum Gasteiger partial charge on any atom is 0.261 e. The molecule has 8 nitrogen and oxygen atoms in total. The molecule has 2 aromatic heterocycles. The van der Waals surface area contributed by atoms with Crippen molar-refractivity contribution in [1.29, 1.82) is 0 Å². The van der Waals surface area contributed by atoms with E-state index in [4.69, 9.17) is 15.2 Å². The molecule has 4 N–H and O–H groups in total. The van der Waals surface area contributed by atoms with Crippen LogP contribution < -0.4 is 16.0 Å². The molecule has 0 saturated carbocycles. The van der Waals surface area contributed by atoms with Crippen molar-refractivity contribution in [3.8, 4) is 17.1 Å². The largest absolute Gasteiger partial charge is 0.492 e. The van der Waals surface area contributed by atoms with Crippen LogP contribution in [0, 0.1) is 0 Å². The van der Waals surface area contributed by atoms with Gasteiger partial charge in [-0.2, -0.15) is 0 Å². The van der Waals surface area contributed by atoms with Gasteiger partial charge in [0.25, 0.3) is 5.56 Å². The van der Waals surface area contributed by atoms with Crippen molar-refractivity contribution >= 4 is 27.6 Å². The van der Waals surface area contributed by atoms with Crippen molar-refractivity contribution in [3.05, 3.63) is 52.8 Å². The van der Waals surface area contributed by atoms with E-state index >= 15 is 0 Å². The maximum absolute atomic E-state index is 12.7. The Balaban J connectivity index is 1.40. The predicted molar refractivity (Wildman–Crippen MR) is 117 cm³/mol. The van der Waals surface area contributed by atoms with Gasteiger partial charge >= 0.3 is 0 Å². The number of fused-ring (bicyclic) bond motifs is 2. The molecule has 1 fully saturated rings. The van der Waals surface area contributed by atoms with E-state index in [0.717, 1.165) is 55.0 Å². The normalized spacial score (nSPS) is 15.1. The highest BCUT2D eigenvalue weighted by Gasteiger charge is 2.16. The SMILES string of the molecule is Nc1c(-c2nc3ccc(OCCN4CCOCC4)cc3[nH]2)c(=O)[nH]c2ccccc12. The van der Waals surface area contributed by atoms with E-state index in [1.165, 1.54) is 0 Å². The molecule has 0 amide bonds. The number of nitrogens with one attached hydrogen (secondary N) is 2. The van der Waals surface area contributed by atoms with Crippen LogP contribution in [0.3, 0.4) is 0 Å². The van der Waals surface area contributed by atoms with Crippen LogP contribution in [0.25, 0.3) is 33.3 Å². The number of imidazole rings is 1. The third-order valence-corrected chi connectivity index (χ3v) is 5.43. The Labute approximate surface area is 172 Å². The number of rotatable bonds is 5. The molecule has 0 bridgehead atoms. The van der Waals surface area contributed by atoms with Crippen LogP contribution in [-0.2, 0) is 4.74 Å². The Hall–Kier alpha value is -3.36. The standard InChI is InChI=1S/C22H23N5O3/c23-20-15-3-1-2-4-16(15)26-22(28)19(20)21-24-17-6-5-14(13-18(17)25-21)30-12-9-27-7-10-29-11-8-27/h1-6,13H,7-12H2,(H,24,25)(H3,23,26,28). The number of nitrogens with two attached hydrogens (primary N) is 1. The summed E-state index contributed by atoms with van der Waals surface area (Å²) in [4.78, 5) is 25.7. The number of H-pyrrole nitrogens is 2. The molecule has 30 heavy (non-hydrogen) atoms. The zero-order valence-corrected chi connectivity index (χ0v) is 16.5. The molecule has 1 aliphatic rings. The van der Waals surface area contributed by atoms with Gasteiger partial charge in [-0.3, -0.25) is 9.69 Å². The highest BCUT2D eigenvalue weighted by molar-refractivity contribution is 5.97. The number of para-hydroxylation sites is 1. The van der Waals surface area contributed by atoms with Gasteiger partial charge in [0.1, 0.15) is 23.7 Å². The molecule has 0 spiro atoms. The van der Waals surface area contributed by atoms with Gasteiger partial charge in [0.2, 0.25) is 0 Å². The lowest BCUT2D eigenvalue weighted by Crippen LogP contribution is -2.38. The quantitative estimate of drug-likeness (QED) is 0.470. The topological polar surface area (TPSA) is 109 Å². The van der Waals surface area contributed by atoms with Crippen LogP contribution in [0.4, 0.5) is 5.69 Å². The number of aromatic amines is 2. The van der Waals surface area contributed by atoms with Gasteiger partial charge in [0, 0.05) is 31.1 Å². The van der Waals surface area contributed by atoms with E-state index in [0.29, 0.717) is 29.2 Å². The molecule has 0 unspecified atom stereocenters. The van der Waals surface area contributed by atoms with E-state index in [-0.39, 0.29) is 5.56 Å². The molecule has 0 radical (unpaired) electrons. The molecule has 154 valence electrons. The summed E-state index contributed by atoms with van der Waals surface area (Å²) >= 11 is 0. The van der Waals surface area contributed by atoms with Crippen molar-refractivity contribution in [2.75, 3.05) is 45.2 Å². The number of pyridine rings is 1. The number of anilines is 1. The van der Waals surface area contributed by atoms with Crippen molar-refractivity contribution in [1.82, 2.24) is 19.9 Å². The van der Waals surface area contributed by atoms with Crippen LogP contribution in [0.2, 0.25) is 0 Å². The molecule has 0 atom stereocenters. The first-order chi connectivity index (χ1) is 14.7. The number of benzene rings is 2. The fourth-order valence-corrected chi connectivity index (χ4v) is 3.82. The van der Waals surface area contributed by atoms with Gasteiger partial charge in [0.05, 0.1) is 35.5 Å². The van der Waals surface area contributed by atoms with Gasteiger partial charge < -0.3 is 25.2 Å². The van der Waals surface area contributed by atoms with E-state index in [1.807, 2.05) is 42.5 Å². The number of morpholine rings is 1. The first-order valence-corrected chi connectivity index (χ1v) is 10.0. The lowest BCUT2D eigenvalue weighted by atomic mass is 10.1. The third-order valence-electron chi connectivity index (χ3n) is 5.43. The Kier molecular flexibility index (Phi) is 4.86. The summed E-state index contributed by atoms with van der Waals surface area (Å²) in [6.07, 6.45) is 0. The lowest BCUT2D eigenvalue weighted by Gasteiger charge is -2.26. The third kappa shape index (κ3) is 3.51. The van der Waals surface area contributed by atoms with Gasteiger partial charge in [-0.05, 0) is 18.2 Å². The van der Waals surface area contributed by atoms with Gasteiger partial charge in [-0.15, -0.1) is 0 Å². The maximum atomic E-state index is 12.7. The molecular formula is C22H23N5O3. The molecule has 4 aromatic rings. The highest BCUT2D eigenvalue weighted by Crippen LogP contribution is 2.29.